The highest BCUT2D eigenvalue weighted by Crippen LogP contribution is 2.32. The number of nitrogen functional groups attached to an aromatic ring is 1. The SMILES string of the molecule is COc1ccc(-c2cn3cc(N)ccc3n2)cc1OC. The summed E-state index contributed by atoms with van der Waals surface area (Å²) in [5, 5.41) is 0. The van der Waals surface area contributed by atoms with Crippen molar-refractivity contribution in [2.75, 3.05) is 20.0 Å². The summed E-state index contributed by atoms with van der Waals surface area (Å²) in [6, 6.07) is 9.45. The Labute approximate surface area is 116 Å². The number of anilines is 1. The minimum absolute atomic E-state index is 0.682. The lowest BCUT2D eigenvalue weighted by molar-refractivity contribution is 0.355. The Balaban J connectivity index is 2.10. The number of nitrogens with zero attached hydrogens (tertiary/aromatic N) is 2. The van der Waals surface area contributed by atoms with Gasteiger partial charge in [-0.25, -0.2) is 4.98 Å². The molecule has 3 aromatic rings. The molecule has 1 aromatic carbocycles. The van der Waals surface area contributed by atoms with Crippen LogP contribution in [0.15, 0.2) is 42.7 Å². The number of hydrogen-bond acceptors (Lipinski definition) is 4. The van der Waals surface area contributed by atoms with Gasteiger partial charge in [0.1, 0.15) is 5.65 Å². The fraction of sp³-hybridized carbons (Fsp3) is 0.133. The van der Waals surface area contributed by atoms with Crippen LogP contribution in [0.5, 0.6) is 11.5 Å². The summed E-state index contributed by atoms with van der Waals surface area (Å²) in [5.74, 6) is 1.38. The lowest BCUT2D eigenvalue weighted by Crippen LogP contribution is -1.90. The minimum Gasteiger partial charge on any atom is -0.493 e. The van der Waals surface area contributed by atoms with E-state index in [9.17, 15) is 0 Å². The molecule has 0 fully saturated rings. The van der Waals surface area contributed by atoms with E-state index in [2.05, 4.69) is 4.98 Å². The highest BCUT2D eigenvalue weighted by atomic mass is 16.5. The van der Waals surface area contributed by atoms with Crippen molar-refractivity contribution >= 4 is 11.3 Å². The Morgan fingerprint density at radius 1 is 1.00 bits per heavy atom. The summed E-state index contributed by atoms with van der Waals surface area (Å²) < 4.78 is 12.5. The lowest BCUT2D eigenvalue weighted by atomic mass is 10.1. The molecule has 0 aliphatic heterocycles. The predicted molar refractivity (Wildman–Crippen MR) is 78.1 cm³/mol. The summed E-state index contributed by atoms with van der Waals surface area (Å²) in [4.78, 5) is 4.57. The van der Waals surface area contributed by atoms with Crippen LogP contribution in [0.4, 0.5) is 5.69 Å². The third-order valence-corrected chi connectivity index (χ3v) is 3.15. The average molecular weight is 269 g/mol. The van der Waals surface area contributed by atoms with Crippen LogP contribution in [-0.4, -0.2) is 23.6 Å². The summed E-state index contributed by atoms with van der Waals surface area (Å²) >= 11 is 0. The molecule has 0 saturated carbocycles. The Bertz CT molecular complexity index is 765. The molecule has 20 heavy (non-hydrogen) atoms. The molecule has 2 aromatic heterocycles. The zero-order chi connectivity index (χ0) is 14.1. The van der Waals surface area contributed by atoms with Gasteiger partial charge in [0.2, 0.25) is 0 Å². The fourth-order valence-electron chi connectivity index (χ4n) is 2.14. The summed E-state index contributed by atoms with van der Waals surface area (Å²) in [7, 11) is 3.23. The Morgan fingerprint density at radius 2 is 1.80 bits per heavy atom. The van der Waals surface area contributed by atoms with Crippen LogP contribution >= 0.6 is 0 Å². The molecule has 0 aliphatic carbocycles. The standard InChI is InChI=1S/C15H15N3O2/c1-19-13-5-3-10(7-14(13)20-2)12-9-18-8-11(16)4-6-15(18)17-12/h3-9H,16H2,1-2H3. The van der Waals surface area contributed by atoms with Crippen molar-refractivity contribution in [3.63, 3.8) is 0 Å². The molecule has 0 unspecified atom stereocenters. The first-order chi connectivity index (χ1) is 9.71. The van der Waals surface area contributed by atoms with Crippen LogP contribution in [-0.2, 0) is 0 Å². The Hall–Kier alpha value is -2.69. The Kier molecular flexibility index (Phi) is 2.95. The molecule has 102 valence electrons. The number of ether oxygens (including phenoxy) is 2. The van der Waals surface area contributed by atoms with Gasteiger partial charge in [-0.05, 0) is 30.3 Å². The van der Waals surface area contributed by atoms with E-state index in [1.165, 1.54) is 0 Å². The molecule has 0 bridgehead atoms. The van der Waals surface area contributed by atoms with Crippen molar-refractivity contribution in [3.05, 3.63) is 42.7 Å². The lowest BCUT2D eigenvalue weighted by Gasteiger charge is -2.08. The predicted octanol–water partition coefficient (Wildman–Crippen LogP) is 2.60. The van der Waals surface area contributed by atoms with Gasteiger partial charge in [0, 0.05) is 23.6 Å². The summed E-state index contributed by atoms with van der Waals surface area (Å²) in [6.45, 7) is 0. The first kappa shape index (κ1) is 12.3. The van der Waals surface area contributed by atoms with Crippen molar-refractivity contribution in [3.8, 4) is 22.8 Å². The molecule has 0 amide bonds. The van der Waals surface area contributed by atoms with Crippen LogP contribution in [0.1, 0.15) is 0 Å². The molecule has 3 rings (SSSR count). The second-order valence-electron chi connectivity index (χ2n) is 4.42. The molecular weight excluding hydrogens is 254 g/mol. The minimum atomic E-state index is 0.682. The van der Waals surface area contributed by atoms with Gasteiger partial charge in [-0.1, -0.05) is 0 Å². The van der Waals surface area contributed by atoms with E-state index in [1.54, 1.807) is 14.2 Å². The first-order valence-electron chi connectivity index (χ1n) is 6.18. The molecule has 0 spiro atoms. The number of methoxy groups -OCH3 is 2. The van der Waals surface area contributed by atoms with Gasteiger partial charge in [0.05, 0.1) is 19.9 Å². The van der Waals surface area contributed by atoms with Crippen LogP contribution in [0.3, 0.4) is 0 Å². The van der Waals surface area contributed by atoms with E-state index in [-0.39, 0.29) is 0 Å². The molecule has 2 heterocycles. The number of fused-ring (bicyclic) bond motifs is 1. The highest BCUT2D eigenvalue weighted by molar-refractivity contribution is 5.66. The summed E-state index contributed by atoms with van der Waals surface area (Å²) in [6.07, 6.45) is 3.78. The number of rotatable bonds is 3. The van der Waals surface area contributed by atoms with Crippen molar-refractivity contribution < 1.29 is 9.47 Å². The van der Waals surface area contributed by atoms with Crippen LogP contribution < -0.4 is 15.2 Å². The zero-order valence-electron chi connectivity index (χ0n) is 11.3. The smallest absolute Gasteiger partial charge is 0.161 e. The molecule has 5 heteroatoms. The number of aromatic nitrogens is 2. The summed E-state index contributed by atoms with van der Waals surface area (Å²) in [5.41, 5.74) is 9.14. The maximum Gasteiger partial charge on any atom is 0.161 e. The van der Waals surface area contributed by atoms with Gasteiger partial charge < -0.3 is 19.6 Å². The van der Waals surface area contributed by atoms with Crippen molar-refractivity contribution in [1.29, 1.82) is 0 Å². The third-order valence-electron chi connectivity index (χ3n) is 3.15. The quantitative estimate of drug-likeness (QED) is 0.794. The van der Waals surface area contributed by atoms with E-state index in [0.717, 1.165) is 16.9 Å². The zero-order valence-corrected chi connectivity index (χ0v) is 11.3. The maximum atomic E-state index is 5.77. The maximum absolute atomic E-state index is 5.77. The van der Waals surface area contributed by atoms with E-state index in [0.29, 0.717) is 17.2 Å². The van der Waals surface area contributed by atoms with E-state index in [4.69, 9.17) is 15.2 Å². The highest BCUT2D eigenvalue weighted by Gasteiger charge is 2.09. The number of hydrogen-bond donors (Lipinski definition) is 1. The number of benzene rings is 1. The molecule has 0 radical (unpaired) electrons. The van der Waals surface area contributed by atoms with E-state index in [1.807, 2.05) is 47.1 Å². The molecule has 5 nitrogen and oxygen atoms in total. The average Bonchev–Trinajstić information content (AvgIpc) is 2.89. The van der Waals surface area contributed by atoms with Gasteiger partial charge in [0.25, 0.3) is 0 Å². The van der Waals surface area contributed by atoms with Gasteiger partial charge >= 0.3 is 0 Å². The topological polar surface area (TPSA) is 61.8 Å². The largest absolute Gasteiger partial charge is 0.493 e. The van der Waals surface area contributed by atoms with Gasteiger partial charge in [-0.15, -0.1) is 0 Å². The third kappa shape index (κ3) is 2.03. The number of nitrogens with two attached hydrogens (primary N) is 1. The normalized spacial score (nSPS) is 10.7. The second-order valence-corrected chi connectivity index (χ2v) is 4.42. The van der Waals surface area contributed by atoms with Gasteiger partial charge in [-0.3, -0.25) is 0 Å². The van der Waals surface area contributed by atoms with Crippen LogP contribution in [0.25, 0.3) is 16.9 Å². The van der Waals surface area contributed by atoms with Gasteiger partial charge in [0.15, 0.2) is 11.5 Å². The monoisotopic (exact) mass is 269 g/mol. The van der Waals surface area contributed by atoms with Crippen LogP contribution in [0.2, 0.25) is 0 Å². The van der Waals surface area contributed by atoms with Crippen LogP contribution in [0, 0.1) is 0 Å². The van der Waals surface area contributed by atoms with Crippen molar-refractivity contribution in [2.24, 2.45) is 0 Å². The number of imidazole rings is 1. The molecule has 2 N–H and O–H groups in total. The number of pyridine rings is 1. The van der Waals surface area contributed by atoms with Crippen molar-refractivity contribution in [2.45, 2.75) is 0 Å². The van der Waals surface area contributed by atoms with E-state index >= 15 is 0 Å². The Morgan fingerprint density at radius 3 is 2.55 bits per heavy atom. The van der Waals surface area contributed by atoms with E-state index < -0.39 is 0 Å². The molecule has 0 saturated heterocycles. The molecule has 0 atom stereocenters. The molecule has 0 aliphatic rings. The fourth-order valence-corrected chi connectivity index (χ4v) is 2.14. The second kappa shape index (κ2) is 4.77. The van der Waals surface area contributed by atoms with Gasteiger partial charge in [-0.2, -0.15) is 0 Å². The molecular formula is C15H15N3O2. The first-order valence-corrected chi connectivity index (χ1v) is 6.18. The van der Waals surface area contributed by atoms with Crippen molar-refractivity contribution in [1.82, 2.24) is 9.38 Å².